The van der Waals surface area contributed by atoms with E-state index in [1.165, 1.54) is 0 Å². The molecule has 1 heterocycles. The molecule has 0 spiro atoms. The fourth-order valence-corrected chi connectivity index (χ4v) is 1.01. The van der Waals surface area contributed by atoms with E-state index < -0.39 is 0 Å². The van der Waals surface area contributed by atoms with Crippen molar-refractivity contribution in [3.05, 3.63) is 12.5 Å². The van der Waals surface area contributed by atoms with E-state index in [0.717, 1.165) is 0 Å². The second-order valence-electron chi connectivity index (χ2n) is 2.44. The van der Waals surface area contributed by atoms with Gasteiger partial charge in [0.25, 0.3) is 0 Å². The number of likely N-dealkylation sites (tertiary alicyclic amines) is 1. The summed E-state index contributed by atoms with van der Waals surface area (Å²) < 4.78 is 0. The minimum absolute atomic E-state index is 0.0764. The fraction of sp³-hybridized carbons (Fsp3) is 0.571. The third-order valence-electron chi connectivity index (χ3n) is 1.69. The Kier molecular flexibility index (Phi) is 1.94. The van der Waals surface area contributed by atoms with E-state index in [0.29, 0.717) is 25.9 Å². The molecule has 1 aliphatic heterocycles. The summed E-state index contributed by atoms with van der Waals surface area (Å²) >= 11 is 0. The summed E-state index contributed by atoms with van der Waals surface area (Å²) in [5, 5.41) is 8.88. The van der Waals surface area contributed by atoms with Crippen molar-refractivity contribution in [1.82, 2.24) is 4.90 Å². The van der Waals surface area contributed by atoms with Crippen LogP contribution in [0.1, 0.15) is 12.8 Å². The molecule has 0 radical (unpaired) electrons. The summed E-state index contributed by atoms with van der Waals surface area (Å²) in [7, 11) is 0. The molecule has 0 aromatic carbocycles. The first kappa shape index (κ1) is 7.12. The smallest absolute Gasteiger partial charge is 0.179 e. The van der Waals surface area contributed by atoms with E-state index in [-0.39, 0.29) is 11.7 Å². The number of Topliss-reactive ketones (excluding diaryl/α,β-unsaturated/α-hetero) is 1. The second-order valence-corrected chi connectivity index (χ2v) is 2.44. The summed E-state index contributed by atoms with van der Waals surface area (Å²) in [5.74, 6) is 0.352. The van der Waals surface area contributed by atoms with E-state index in [2.05, 4.69) is 6.58 Å². The van der Waals surface area contributed by atoms with Gasteiger partial charge in [0.05, 0.1) is 0 Å². The number of carbonyl (C=O) groups is 1. The van der Waals surface area contributed by atoms with Gasteiger partial charge in [-0.2, -0.15) is 0 Å². The Morgan fingerprint density at radius 2 is 2.00 bits per heavy atom. The summed E-state index contributed by atoms with van der Waals surface area (Å²) in [6, 6.07) is 0. The molecule has 0 amide bonds. The molecule has 0 saturated carbocycles. The van der Waals surface area contributed by atoms with Gasteiger partial charge < -0.3 is 10.0 Å². The maximum atomic E-state index is 10.7. The van der Waals surface area contributed by atoms with Crippen LogP contribution in [0.3, 0.4) is 0 Å². The van der Waals surface area contributed by atoms with Gasteiger partial charge in [-0.25, -0.2) is 0 Å². The van der Waals surface area contributed by atoms with Crippen molar-refractivity contribution in [3.8, 4) is 0 Å². The number of hydrogen-bond donors (Lipinski definition) is 1. The summed E-state index contributed by atoms with van der Waals surface area (Å²) in [6.45, 7) is 4.61. The molecule has 3 heteroatoms. The van der Waals surface area contributed by atoms with Crippen LogP contribution < -0.4 is 0 Å². The molecule has 0 atom stereocenters. The van der Waals surface area contributed by atoms with Crippen LogP contribution in [0, 0.1) is 0 Å². The van der Waals surface area contributed by atoms with Crippen molar-refractivity contribution in [1.29, 1.82) is 0 Å². The normalized spacial score (nSPS) is 19.2. The number of ketones is 1. The highest BCUT2D eigenvalue weighted by Crippen LogP contribution is 2.08. The second kappa shape index (κ2) is 2.73. The molecule has 0 aliphatic carbocycles. The lowest BCUT2D eigenvalue weighted by atomic mass is 10.1. The van der Waals surface area contributed by atoms with Gasteiger partial charge in [0, 0.05) is 25.9 Å². The zero-order valence-corrected chi connectivity index (χ0v) is 5.84. The van der Waals surface area contributed by atoms with Crippen LogP contribution in [-0.4, -0.2) is 28.9 Å². The van der Waals surface area contributed by atoms with Crippen LogP contribution in [0.25, 0.3) is 0 Å². The largest absolute Gasteiger partial charge is 0.495 e. The average Bonchev–Trinajstić information content (AvgIpc) is 1.88. The highest BCUT2D eigenvalue weighted by atomic mass is 16.3. The number of aliphatic hydroxyl groups is 1. The monoisotopic (exact) mass is 141 g/mol. The van der Waals surface area contributed by atoms with E-state index >= 15 is 0 Å². The first-order chi connectivity index (χ1) is 4.70. The Bertz CT molecular complexity index is 155. The zero-order chi connectivity index (χ0) is 7.56. The quantitative estimate of drug-likeness (QED) is 0.546. The molecule has 1 rings (SSSR count). The van der Waals surface area contributed by atoms with Crippen LogP contribution in [0.15, 0.2) is 12.5 Å². The average molecular weight is 141 g/mol. The van der Waals surface area contributed by atoms with Crippen molar-refractivity contribution >= 4 is 5.78 Å². The number of nitrogens with zero attached hydrogens (tertiary/aromatic N) is 1. The number of piperidine rings is 1. The molecule has 56 valence electrons. The first-order valence-electron chi connectivity index (χ1n) is 3.34. The predicted octanol–water partition coefficient (Wildman–Crippen LogP) is 0.680. The van der Waals surface area contributed by atoms with Crippen LogP contribution in [0.5, 0.6) is 0 Å². The van der Waals surface area contributed by atoms with Crippen LogP contribution >= 0.6 is 0 Å². The maximum absolute atomic E-state index is 10.7. The molecule has 0 bridgehead atoms. The van der Waals surface area contributed by atoms with Gasteiger partial charge in [0.15, 0.2) is 5.88 Å². The van der Waals surface area contributed by atoms with Crippen molar-refractivity contribution in [3.63, 3.8) is 0 Å². The van der Waals surface area contributed by atoms with Crippen LogP contribution in [-0.2, 0) is 4.79 Å². The molecule has 0 aromatic rings. The van der Waals surface area contributed by atoms with E-state index in [9.17, 15) is 4.79 Å². The molecule has 1 fully saturated rings. The number of rotatable bonds is 1. The van der Waals surface area contributed by atoms with Gasteiger partial charge in [-0.05, 0) is 6.58 Å². The Balaban J connectivity index is 2.40. The molecule has 1 saturated heterocycles. The molecule has 3 nitrogen and oxygen atoms in total. The zero-order valence-electron chi connectivity index (χ0n) is 5.84. The topological polar surface area (TPSA) is 40.5 Å². The molecular formula is C7H11NO2. The minimum atomic E-state index is 0.0764. The number of carbonyl (C=O) groups excluding carboxylic acids is 1. The number of hydrogen-bond acceptors (Lipinski definition) is 3. The fourth-order valence-electron chi connectivity index (χ4n) is 1.01. The molecular weight excluding hydrogens is 130 g/mol. The van der Waals surface area contributed by atoms with Gasteiger partial charge in [0.1, 0.15) is 5.78 Å². The Morgan fingerprint density at radius 3 is 2.40 bits per heavy atom. The van der Waals surface area contributed by atoms with Crippen LogP contribution in [0.2, 0.25) is 0 Å². The van der Waals surface area contributed by atoms with E-state index in [1.807, 2.05) is 0 Å². The Morgan fingerprint density at radius 1 is 1.50 bits per heavy atom. The predicted molar refractivity (Wildman–Crippen MR) is 37.6 cm³/mol. The minimum Gasteiger partial charge on any atom is -0.495 e. The van der Waals surface area contributed by atoms with Gasteiger partial charge in [-0.15, -0.1) is 0 Å². The van der Waals surface area contributed by atoms with Gasteiger partial charge >= 0.3 is 0 Å². The van der Waals surface area contributed by atoms with Crippen molar-refractivity contribution in [2.45, 2.75) is 12.8 Å². The van der Waals surface area contributed by atoms with Gasteiger partial charge in [-0.3, -0.25) is 4.79 Å². The summed E-state index contributed by atoms with van der Waals surface area (Å²) in [4.78, 5) is 12.4. The molecule has 1 N–H and O–H groups in total. The van der Waals surface area contributed by atoms with Gasteiger partial charge in [0.2, 0.25) is 0 Å². The maximum Gasteiger partial charge on any atom is 0.179 e. The van der Waals surface area contributed by atoms with Gasteiger partial charge in [-0.1, -0.05) is 0 Å². The summed E-state index contributed by atoms with van der Waals surface area (Å²) in [6.07, 6.45) is 1.08. The first-order valence-corrected chi connectivity index (χ1v) is 3.34. The highest BCUT2D eigenvalue weighted by molar-refractivity contribution is 5.79. The third-order valence-corrected chi connectivity index (χ3v) is 1.69. The Hall–Kier alpha value is -0.990. The summed E-state index contributed by atoms with van der Waals surface area (Å²) in [5.41, 5.74) is 0. The number of aliphatic hydroxyl groups excluding tert-OH is 1. The lowest BCUT2D eigenvalue weighted by Gasteiger charge is -2.25. The SMILES string of the molecule is C=C(O)N1CCC(=O)CC1. The van der Waals surface area contributed by atoms with Crippen molar-refractivity contribution < 1.29 is 9.90 Å². The molecule has 0 aromatic heterocycles. The van der Waals surface area contributed by atoms with Crippen molar-refractivity contribution in [2.24, 2.45) is 0 Å². The molecule has 1 aliphatic rings. The van der Waals surface area contributed by atoms with E-state index in [4.69, 9.17) is 5.11 Å². The van der Waals surface area contributed by atoms with E-state index in [1.54, 1.807) is 4.90 Å². The lowest BCUT2D eigenvalue weighted by molar-refractivity contribution is -0.121. The standard InChI is InChI=1S/C7H11NO2/c1-6(9)8-4-2-7(10)3-5-8/h9H,1-5H2. The molecule has 0 unspecified atom stereocenters. The molecule has 10 heavy (non-hydrogen) atoms. The van der Waals surface area contributed by atoms with Crippen molar-refractivity contribution in [2.75, 3.05) is 13.1 Å². The Labute approximate surface area is 59.9 Å². The lowest BCUT2D eigenvalue weighted by Crippen LogP contribution is -2.32. The van der Waals surface area contributed by atoms with Crippen LogP contribution in [0.4, 0.5) is 0 Å². The highest BCUT2D eigenvalue weighted by Gasteiger charge is 2.15. The third kappa shape index (κ3) is 1.50.